The summed E-state index contributed by atoms with van der Waals surface area (Å²) in [7, 11) is 1.49. The van der Waals surface area contributed by atoms with Gasteiger partial charge in [-0.15, -0.1) is 0 Å². The largest absolute Gasteiger partial charge is 0.371 e. The molecule has 0 heterocycles. The predicted octanol–water partition coefficient (Wildman–Crippen LogP) is 3.41. The van der Waals surface area contributed by atoms with Gasteiger partial charge in [0.25, 0.3) is 0 Å². The van der Waals surface area contributed by atoms with Crippen LogP contribution < -0.4 is 0 Å². The van der Waals surface area contributed by atoms with Gasteiger partial charge in [0.05, 0.1) is 5.02 Å². The first-order valence-corrected chi connectivity index (χ1v) is 5.83. The number of hydrogen-bond donors (Lipinski definition) is 0. The molecule has 0 saturated carbocycles. The van der Waals surface area contributed by atoms with Crippen LogP contribution in [0.2, 0.25) is 5.02 Å². The van der Waals surface area contributed by atoms with Crippen molar-refractivity contribution < 1.29 is 13.9 Å². The molecule has 4 heteroatoms. The van der Waals surface area contributed by atoms with Crippen LogP contribution in [-0.2, 0) is 16.0 Å². The number of hydrogen-bond acceptors (Lipinski definition) is 2. The van der Waals surface area contributed by atoms with Gasteiger partial charge >= 0.3 is 0 Å². The Kier molecular flexibility index (Phi) is 4.66. The predicted molar refractivity (Wildman–Crippen MR) is 65.8 cm³/mol. The first-order valence-electron chi connectivity index (χ1n) is 5.46. The second kappa shape index (κ2) is 5.61. The molecule has 1 unspecified atom stereocenters. The highest BCUT2D eigenvalue weighted by molar-refractivity contribution is 6.31. The van der Waals surface area contributed by atoms with Crippen molar-refractivity contribution in [2.75, 3.05) is 7.11 Å². The second-order valence-corrected chi connectivity index (χ2v) is 4.48. The van der Waals surface area contributed by atoms with E-state index in [-0.39, 0.29) is 17.2 Å². The zero-order chi connectivity index (χ0) is 13.1. The average molecular weight is 259 g/mol. The van der Waals surface area contributed by atoms with E-state index in [2.05, 4.69) is 0 Å². The van der Waals surface area contributed by atoms with E-state index in [4.69, 9.17) is 16.3 Å². The Bertz CT molecular complexity index is 414. The SMILES string of the molecule is CCC(C)(OC)C(=O)Cc1cccc(F)c1Cl. The summed E-state index contributed by atoms with van der Waals surface area (Å²) >= 11 is 5.81. The van der Waals surface area contributed by atoms with Crippen molar-refractivity contribution in [2.45, 2.75) is 32.3 Å². The number of halogens is 2. The molecule has 1 aromatic carbocycles. The molecule has 0 aromatic heterocycles. The van der Waals surface area contributed by atoms with Crippen molar-refractivity contribution in [3.63, 3.8) is 0 Å². The fourth-order valence-corrected chi connectivity index (χ4v) is 1.69. The Balaban J connectivity index is 2.92. The summed E-state index contributed by atoms with van der Waals surface area (Å²) in [4.78, 5) is 12.1. The zero-order valence-electron chi connectivity index (χ0n) is 10.2. The maximum Gasteiger partial charge on any atom is 0.168 e. The molecule has 1 rings (SSSR count). The third kappa shape index (κ3) is 3.05. The molecule has 0 aliphatic rings. The van der Waals surface area contributed by atoms with Crippen LogP contribution in [0.4, 0.5) is 4.39 Å². The van der Waals surface area contributed by atoms with Gasteiger partial charge in [-0.3, -0.25) is 4.79 Å². The lowest BCUT2D eigenvalue weighted by atomic mass is 9.92. The molecule has 94 valence electrons. The number of rotatable bonds is 5. The molecule has 2 nitrogen and oxygen atoms in total. The summed E-state index contributed by atoms with van der Waals surface area (Å²) in [6, 6.07) is 4.46. The Labute approximate surface area is 106 Å². The van der Waals surface area contributed by atoms with Gasteiger partial charge in [-0.25, -0.2) is 4.39 Å². The van der Waals surface area contributed by atoms with Gasteiger partial charge in [-0.1, -0.05) is 30.7 Å². The van der Waals surface area contributed by atoms with Gasteiger partial charge < -0.3 is 4.74 Å². The Hall–Kier alpha value is -0.930. The number of methoxy groups -OCH3 is 1. The van der Waals surface area contributed by atoms with Crippen LogP contribution in [0.5, 0.6) is 0 Å². The van der Waals surface area contributed by atoms with Crippen LogP contribution in [0.15, 0.2) is 18.2 Å². The van der Waals surface area contributed by atoms with Crippen LogP contribution in [0, 0.1) is 5.82 Å². The fraction of sp³-hybridized carbons (Fsp3) is 0.462. The van der Waals surface area contributed by atoms with Gasteiger partial charge in [-0.2, -0.15) is 0 Å². The molecular formula is C13H16ClFO2. The monoisotopic (exact) mass is 258 g/mol. The van der Waals surface area contributed by atoms with Crippen LogP contribution >= 0.6 is 11.6 Å². The van der Waals surface area contributed by atoms with Crippen molar-refractivity contribution in [2.24, 2.45) is 0 Å². The standard InChI is InChI=1S/C13H16ClFO2/c1-4-13(2,17-3)11(16)8-9-6-5-7-10(15)12(9)14/h5-7H,4,8H2,1-3H3. The number of carbonyl (C=O) groups is 1. The van der Waals surface area contributed by atoms with E-state index >= 15 is 0 Å². The number of ether oxygens (including phenoxy) is 1. The van der Waals surface area contributed by atoms with Crippen molar-refractivity contribution in [3.8, 4) is 0 Å². The lowest BCUT2D eigenvalue weighted by Crippen LogP contribution is -2.37. The molecule has 0 bridgehead atoms. The minimum atomic E-state index is -0.838. The fourth-order valence-electron chi connectivity index (χ4n) is 1.50. The highest BCUT2D eigenvalue weighted by Crippen LogP contribution is 2.24. The maximum atomic E-state index is 13.2. The lowest BCUT2D eigenvalue weighted by Gasteiger charge is -2.25. The zero-order valence-corrected chi connectivity index (χ0v) is 11.0. The molecule has 0 aliphatic carbocycles. The van der Waals surface area contributed by atoms with E-state index in [9.17, 15) is 9.18 Å². The van der Waals surface area contributed by atoms with Gasteiger partial charge in [0, 0.05) is 13.5 Å². The van der Waals surface area contributed by atoms with Gasteiger partial charge in [0.15, 0.2) is 5.78 Å². The topological polar surface area (TPSA) is 26.3 Å². The quantitative estimate of drug-likeness (QED) is 0.809. The van der Waals surface area contributed by atoms with Crippen molar-refractivity contribution in [3.05, 3.63) is 34.6 Å². The number of Topliss-reactive ketones (excluding diaryl/α,β-unsaturated/α-hetero) is 1. The molecule has 0 N–H and O–H groups in total. The van der Waals surface area contributed by atoms with Gasteiger partial charge in [-0.05, 0) is 25.0 Å². The maximum absolute atomic E-state index is 13.2. The van der Waals surface area contributed by atoms with Crippen LogP contribution in [0.3, 0.4) is 0 Å². The van der Waals surface area contributed by atoms with Crippen molar-refractivity contribution in [1.29, 1.82) is 0 Å². The van der Waals surface area contributed by atoms with E-state index in [0.29, 0.717) is 12.0 Å². The first-order chi connectivity index (χ1) is 7.94. The molecule has 17 heavy (non-hydrogen) atoms. The van der Waals surface area contributed by atoms with E-state index < -0.39 is 11.4 Å². The summed E-state index contributed by atoms with van der Waals surface area (Å²) < 4.78 is 18.4. The number of ketones is 1. The molecule has 0 aliphatic heterocycles. The third-order valence-corrected chi connectivity index (χ3v) is 3.52. The average Bonchev–Trinajstić information content (AvgIpc) is 2.33. The molecule has 0 amide bonds. The van der Waals surface area contributed by atoms with Gasteiger partial charge in [0.1, 0.15) is 11.4 Å². The molecular weight excluding hydrogens is 243 g/mol. The van der Waals surface area contributed by atoms with Crippen LogP contribution in [0.1, 0.15) is 25.8 Å². The number of carbonyl (C=O) groups excluding carboxylic acids is 1. The summed E-state index contributed by atoms with van der Waals surface area (Å²) in [6.45, 7) is 3.59. The molecule has 1 atom stereocenters. The highest BCUT2D eigenvalue weighted by Gasteiger charge is 2.31. The molecule has 0 saturated heterocycles. The first kappa shape index (κ1) is 14.1. The Morgan fingerprint density at radius 1 is 1.53 bits per heavy atom. The normalized spacial score (nSPS) is 14.4. The minimum Gasteiger partial charge on any atom is -0.371 e. The van der Waals surface area contributed by atoms with Crippen molar-refractivity contribution in [1.82, 2.24) is 0 Å². The summed E-state index contributed by atoms with van der Waals surface area (Å²) in [5.41, 5.74) is -0.344. The van der Waals surface area contributed by atoms with Gasteiger partial charge in [0.2, 0.25) is 0 Å². The minimum absolute atomic E-state index is 0.00964. The molecule has 0 fully saturated rings. The molecule has 0 spiro atoms. The summed E-state index contributed by atoms with van der Waals surface area (Å²) in [5, 5.41) is 0.00964. The summed E-state index contributed by atoms with van der Waals surface area (Å²) in [6.07, 6.45) is 0.643. The van der Waals surface area contributed by atoms with Crippen molar-refractivity contribution >= 4 is 17.4 Å². The highest BCUT2D eigenvalue weighted by atomic mass is 35.5. The van der Waals surface area contributed by atoms with Crippen LogP contribution in [0.25, 0.3) is 0 Å². The smallest absolute Gasteiger partial charge is 0.168 e. The van der Waals surface area contributed by atoms with Crippen LogP contribution in [-0.4, -0.2) is 18.5 Å². The second-order valence-electron chi connectivity index (χ2n) is 4.10. The van der Waals surface area contributed by atoms with E-state index in [0.717, 1.165) is 0 Å². The lowest BCUT2D eigenvalue weighted by molar-refractivity contribution is -0.138. The van der Waals surface area contributed by atoms with E-state index in [1.807, 2.05) is 6.92 Å². The number of benzene rings is 1. The Morgan fingerprint density at radius 2 is 2.18 bits per heavy atom. The molecule has 1 aromatic rings. The van der Waals surface area contributed by atoms with E-state index in [1.54, 1.807) is 19.1 Å². The third-order valence-electron chi connectivity index (χ3n) is 3.10. The van der Waals surface area contributed by atoms with E-state index in [1.165, 1.54) is 13.2 Å². The molecule has 0 radical (unpaired) electrons. The summed E-state index contributed by atoms with van der Waals surface area (Å²) in [5.74, 6) is -0.609. The Morgan fingerprint density at radius 3 is 2.71 bits per heavy atom.